The first kappa shape index (κ1) is 21.0. The molecule has 0 unspecified atom stereocenters. The number of pyridine rings is 1. The zero-order valence-corrected chi connectivity index (χ0v) is 19.9. The van der Waals surface area contributed by atoms with Gasteiger partial charge in [-0.2, -0.15) is 0 Å². The van der Waals surface area contributed by atoms with E-state index in [-0.39, 0.29) is 18.9 Å². The Balaban J connectivity index is 1.50. The number of aromatic nitrogens is 2. The van der Waals surface area contributed by atoms with Gasteiger partial charge in [0.15, 0.2) is 16.6 Å². The summed E-state index contributed by atoms with van der Waals surface area (Å²) in [6, 6.07) is 21.8. The predicted octanol–water partition coefficient (Wildman–Crippen LogP) is 5.74. The quantitative estimate of drug-likeness (QED) is 0.370. The van der Waals surface area contributed by atoms with E-state index in [0.29, 0.717) is 10.9 Å². The van der Waals surface area contributed by atoms with Crippen LogP contribution in [-0.4, -0.2) is 21.5 Å². The fourth-order valence-corrected chi connectivity index (χ4v) is 5.08. The van der Waals surface area contributed by atoms with Crippen molar-refractivity contribution in [1.29, 1.82) is 0 Å². The molecule has 2 aromatic heterocycles. The number of hydrogen-bond acceptors (Lipinski definition) is 4. The summed E-state index contributed by atoms with van der Waals surface area (Å²) in [5.41, 5.74) is 4.96. The van der Waals surface area contributed by atoms with Crippen LogP contribution in [0.3, 0.4) is 0 Å². The maximum absolute atomic E-state index is 6.31. The molecule has 2 aliphatic heterocycles. The van der Waals surface area contributed by atoms with Crippen molar-refractivity contribution in [3.8, 4) is 17.2 Å². The number of nitrogens with one attached hydrogen (secondary N) is 1. The van der Waals surface area contributed by atoms with Crippen LogP contribution in [0.5, 0.6) is 11.5 Å². The van der Waals surface area contributed by atoms with Crippen molar-refractivity contribution >= 4 is 34.6 Å². The zero-order chi connectivity index (χ0) is 23.2. The standard InChI is InChI=1S/C26H21ClN4O2S/c1-16-13-17(7-9-19(16)27)30-12-4-6-21(30)25-24(20-5-2-3-11-28-20)29-26(34)31(25)18-8-10-22-23(14-18)33-15-32-22/h2-14,24-25H,15H2,1H3,(H,29,34)/t24-,25+/m1/s1. The minimum atomic E-state index is -0.159. The van der Waals surface area contributed by atoms with Crippen LogP contribution in [0.2, 0.25) is 5.02 Å². The molecule has 170 valence electrons. The summed E-state index contributed by atoms with van der Waals surface area (Å²) >= 11 is 12.2. The minimum absolute atomic E-state index is 0.152. The fourth-order valence-electron chi connectivity index (χ4n) is 4.62. The lowest BCUT2D eigenvalue weighted by Gasteiger charge is -2.29. The highest BCUT2D eigenvalue weighted by Crippen LogP contribution is 2.45. The summed E-state index contributed by atoms with van der Waals surface area (Å²) in [4.78, 5) is 6.78. The van der Waals surface area contributed by atoms with Crippen molar-refractivity contribution in [2.45, 2.75) is 19.0 Å². The van der Waals surface area contributed by atoms with E-state index in [4.69, 9.17) is 33.3 Å². The Morgan fingerprint density at radius 2 is 1.85 bits per heavy atom. The zero-order valence-electron chi connectivity index (χ0n) is 18.3. The molecule has 6 nitrogen and oxygen atoms in total. The molecule has 4 heterocycles. The second-order valence-electron chi connectivity index (χ2n) is 8.27. The van der Waals surface area contributed by atoms with Crippen LogP contribution in [0.15, 0.2) is 79.1 Å². The van der Waals surface area contributed by atoms with E-state index >= 15 is 0 Å². The second kappa shape index (κ2) is 8.34. The van der Waals surface area contributed by atoms with Crippen LogP contribution in [0.25, 0.3) is 5.69 Å². The Hall–Kier alpha value is -3.55. The van der Waals surface area contributed by atoms with Gasteiger partial charge in [-0.05, 0) is 79.3 Å². The molecule has 1 fully saturated rings. The van der Waals surface area contributed by atoms with Gasteiger partial charge in [0.1, 0.15) is 6.04 Å². The Morgan fingerprint density at radius 1 is 1.00 bits per heavy atom. The highest BCUT2D eigenvalue weighted by atomic mass is 35.5. The largest absolute Gasteiger partial charge is 0.454 e. The smallest absolute Gasteiger partial charge is 0.231 e. The number of halogens is 1. The number of ether oxygens (including phenoxy) is 2. The van der Waals surface area contributed by atoms with Gasteiger partial charge in [-0.15, -0.1) is 0 Å². The lowest BCUT2D eigenvalue weighted by Crippen LogP contribution is -2.30. The van der Waals surface area contributed by atoms with E-state index < -0.39 is 0 Å². The molecule has 0 bridgehead atoms. The molecule has 0 spiro atoms. The van der Waals surface area contributed by atoms with Crippen molar-refractivity contribution in [3.63, 3.8) is 0 Å². The molecule has 2 aliphatic rings. The third-order valence-corrected chi connectivity index (χ3v) is 6.97. The van der Waals surface area contributed by atoms with Gasteiger partial charge in [-0.1, -0.05) is 17.7 Å². The van der Waals surface area contributed by atoms with E-state index in [2.05, 4.69) is 38.1 Å². The van der Waals surface area contributed by atoms with Gasteiger partial charge in [-0.3, -0.25) is 4.98 Å². The Bertz CT molecular complexity index is 1390. The number of aryl methyl sites for hydroxylation is 1. The molecule has 0 radical (unpaired) electrons. The van der Waals surface area contributed by atoms with Crippen LogP contribution in [0, 0.1) is 6.92 Å². The molecule has 8 heteroatoms. The molecule has 34 heavy (non-hydrogen) atoms. The van der Waals surface area contributed by atoms with Crippen LogP contribution >= 0.6 is 23.8 Å². The highest BCUT2D eigenvalue weighted by molar-refractivity contribution is 7.80. The van der Waals surface area contributed by atoms with Gasteiger partial charge in [-0.25, -0.2) is 0 Å². The van der Waals surface area contributed by atoms with Crippen molar-refractivity contribution < 1.29 is 9.47 Å². The van der Waals surface area contributed by atoms with Crippen LogP contribution in [0.1, 0.15) is 29.0 Å². The first-order valence-corrected chi connectivity index (χ1v) is 11.7. The lowest BCUT2D eigenvalue weighted by molar-refractivity contribution is 0.174. The average Bonchev–Trinajstić information content (AvgIpc) is 3.59. The van der Waals surface area contributed by atoms with Crippen molar-refractivity contribution in [2.24, 2.45) is 0 Å². The van der Waals surface area contributed by atoms with Crippen LogP contribution in [-0.2, 0) is 0 Å². The number of rotatable bonds is 4. The topological polar surface area (TPSA) is 51.6 Å². The van der Waals surface area contributed by atoms with Gasteiger partial charge < -0.3 is 24.3 Å². The van der Waals surface area contributed by atoms with Crippen LogP contribution in [0.4, 0.5) is 5.69 Å². The third kappa shape index (κ3) is 3.48. The van der Waals surface area contributed by atoms with Gasteiger partial charge in [0.05, 0.1) is 11.7 Å². The summed E-state index contributed by atoms with van der Waals surface area (Å²) < 4.78 is 13.3. The molecule has 1 saturated heterocycles. The third-order valence-electron chi connectivity index (χ3n) is 6.24. The van der Waals surface area contributed by atoms with E-state index in [1.165, 1.54) is 0 Å². The normalized spacial score (nSPS) is 18.9. The lowest BCUT2D eigenvalue weighted by atomic mass is 10.0. The number of anilines is 1. The summed E-state index contributed by atoms with van der Waals surface area (Å²) in [5, 5.41) is 4.88. The second-order valence-corrected chi connectivity index (χ2v) is 9.06. The maximum atomic E-state index is 6.31. The number of fused-ring (bicyclic) bond motifs is 1. The minimum Gasteiger partial charge on any atom is -0.454 e. The molecule has 0 saturated carbocycles. The SMILES string of the molecule is Cc1cc(-n2cccc2[C@H]2[C@@H](c3ccccn3)NC(=S)N2c2ccc3c(c2)OCO3)ccc1Cl. The summed E-state index contributed by atoms with van der Waals surface area (Å²) in [5.74, 6) is 1.45. The van der Waals surface area contributed by atoms with Crippen molar-refractivity contribution in [3.05, 3.63) is 101 Å². The molecule has 0 amide bonds. The number of benzene rings is 2. The van der Waals surface area contributed by atoms with Crippen molar-refractivity contribution in [2.75, 3.05) is 11.7 Å². The summed E-state index contributed by atoms with van der Waals surface area (Å²) in [7, 11) is 0. The predicted molar refractivity (Wildman–Crippen MR) is 136 cm³/mol. The van der Waals surface area contributed by atoms with Gasteiger partial charge in [0, 0.05) is 40.6 Å². The highest BCUT2D eigenvalue weighted by Gasteiger charge is 2.42. The molecule has 2 aromatic carbocycles. The van der Waals surface area contributed by atoms with Gasteiger partial charge in [0.25, 0.3) is 0 Å². The summed E-state index contributed by atoms with van der Waals surface area (Å²) in [6.45, 7) is 2.23. The van der Waals surface area contributed by atoms with Gasteiger partial charge >= 0.3 is 0 Å². The number of hydrogen-bond donors (Lipinski definition) is 1. The summed E-state index contributed by atoms with van der Waals surface area (Å²) in [6.07, 6.45) is 3.87. The average molecular weight is 489 g/mol. The maximum Gasteiger partial charge on any atom is 0.231 e. The number of thiocarbonyl (C=S) groups is 1. The Kier molecular flexibility index (Phi) is 5.16. The first-order valence-electron chi connectivity index (χ1n) is 10.9. The Morgan fingerprint density at radius 3 is 2.68 bits per heavy atom. The van der Waals surface area contributed by atoms with Crippen molar-refractivity contribution in [1.82, 2.24) is 14.9 Å². The molecule has 1 N–H and O–H groups in total. The molecule has 0 aliphatic carbocycles. The first-order chi connectivity index (χ1) is 16.6. The van der Waals surface area contributed by atoms with E-state index in [1.807, 2.05) is 67.7 Å². The van der Waals surface area contributed by atoms with Crippen LogP contribution < -0.4 is 19.7 Å². The van der Waals surface area contributed by atoms with E-state index in [0.717, 1.165) is 39.1 Å². The molecular formula is C26H21ClN4O2S. The van der Waals surface area contributed by atoms with Gasteiger partial charge in [0.2, 0.25) is 6.79 Å². The van der Waals surface area contributed by atoms with E-state index in [1.54, 1.807) is 0 Å². The van der Waals surface area contributed by atoms with E-state index in [9.17, 15) is 0 Å². The monoisotopic (exact) mass is 488 g/mol. The fraction of sp³-hybridized carbons (Fsp3) is 0.154. The Labute approximate surface area is 207 Å². The molecular weight excluding hydrogens is 468 g/mol. The number of nitrogens with zero attached hydrogens (tertiary/aromatic N) is 3. The molecule has 2 atom stereocenters. The molecule has 6 rings (SSSR count). The molecule has 4 aromatic rings.